The summed E-state index contributed by atoms with van der Waals surface area (Å²) in [6, 6.07) is 36.4. The van der Waals surface area contributed by atoms with Crippen LogP contribution < -0.4 is 0 Å². The first-order valence-corrected chi connectivity index (χ1v) is 9.44. The molecule has 0 nitrogen and oxygen atoms in total. The summed E-state index contributed by atoms with van der Waals surface area (Å²) in [5, 5.41) is 5.79. The zero-order valence-electron chi connectivity index (χ0n) is 14.7. The van der Waals surface area contributed by atoms with E-state index < -0.39 is 0 Å². The lowest BCUT2D eigenvalue weighted by Crippen LogP contribution is -1.86. The minimum atomic E-state index is 0.759. The van der Waals surface area contributed by atoms with Gasteiger partial charge in [-0.2, -0.15) is 0 Å². The number of rotatable bonds is 2. The van der Waals surface area contributed by atoms with Crippen LogP contribution in [0.15, 0.2) is 103 Å². The topological polar surface area (TPSA) is 0 Å². The Morgan fingerprint density at radius 1 is 0.444 bits per heavy atom. The second kappa shape index (κ2) is 6.57. The van der Waals surface area contributed by atoms with Crippen molar-refractivity contribution in [3.8, 4) is 22.3 Å². The summed E-state index contributed by atoms with van der Waals surface area (Å²) in [5.74, 6) is 0. The molecule has 27 heavy (non-hydrogen) atoms. The van der Waals surface area contributed by atoms with Crippen molar-refractivity contribution in [1.82, 2.24) is 0 Å². The van der Waals surface area contributed by atoms with E-state index in [2.05, 4.69) is 91.0 Å². The maximum absolute atomic E-state index is 6.08. The van der Waals surface area contributed by atoms with Gasteiger partial charge >= 0.3 is 0 Å². The van der Waals surface area contributed by atoms with Crippen LogP contribution in [0.25, 0.3) is 43.8 Å². The third-order valence-corrected chi connectivity index (χ3v) is 5.35. The van der Waals surface area contributed by atoms with E-state index in [1.807, 2.05) is 12.1 Å². The molecule has 0 bridgehead atoms. The lowest BCUT2D eigenvalue weighted by Gasteiger charge is -2.12. The highest BCUT2D eigenvalue weighted by molar-refractivity contribution is 6.30. The van der Waals surface area contributed by atoms with E-state index in [4.69, 9.17) is 11.6 Å². The van der Waals surface area contributed by atoms with Crippen molar-refractivity contribution in [3.05, 3.63) is 108 Å². The van der Waals surface area contributed by atoms with Crippen LogP contribution in [0, 0.1) is 0 Å². The molecule has 0 fully saturated rings. The molecule has 0 spiro atoms. The summed E-state index contributed by atoms with van der Waals surface area (Å²) < 4.78 is 0. The van der Waals surface area contributed by atoms with Crippen LogP contribution >= 0.6 is 11.6 Å². The van der Waals surface area contributed by atoms with Gasteiger partial charge in [-0.3, -0.25) is 0 Å². The minimum Gasteiger partial charge on any atom is -0.0843 e. The first-order chi connectivity index (χ1) is 13.3. The second-order valence-corrected chi connectivity index (χ2v) is 7.25. The fourth-order valence-electron chi connectivity index (χ4n) is 3.72. The number of benzene rings is 5. The lowest BCUT2D eigenvalue weighted by molar-refractivity contribution is 1.62. The van der Waals surface area contributed by atoms with Gasteiger partial charge < -0.3 is 0 Å². The van der Waals surface area contributed by atoms with Crippen molar-refractivity contribution in [2.45, 2.75) is 0 Å². The average Bonchev–Trinajstić information content (AvgIpc) is 2.73. The number of hydrogen-bond acceptors (Lipinski definition) is 0. The maximum atomic E-state index is 6.08. The minimum absolute atomic E-state index is 0.759. The van der Waals surface area contributed by atoms with Gasteiger partial charge in [0.2, 0.25) is 0 Å². The first-order valence-electron chi connectivity index (χ1n) is 9.06. The van der Waals surface area contributed by atoms with Gasteiger partial charge in [0, 0.05) is 5.02 Å². The van der Waals surface area contributed by atoms with Crippen LogP contribution in [0.3, 0.4) is 0 Å². The molecule has 0 heterocycles. The van der Waals surface area contributed by atoms with Crippen LogP contribution in [0.1, 0.15) is 0 Å². The van der Waals surface area contributed by atoms with E-state index in [9.17, 15) is 0 Å². The van der Waals surface area contributed by atoms with E-state index in [0.717, 1.165) is 5.02 Å². The summed E-state index contributed by atoms with van der Waals surface area (Å²) in [5.41, 5.74) is 4.87. The van der Waals surface area contributed by atoms with E-state index in [1.165, 1.54) is 43.8 Å². The van der Waals surface area contributed by atoms with Gasteiger partial charge in [-0.05, 0) is 74.1 Å². The maximum Gasteiger partial charge on any atom is 0.0406 e. The molecule has 0 saturated heterocycles. The van der Waals surface area contributed by atoms with Gasteiger partial charge in [0.25, 0.3) is 0 Å². The summed E-state index contributed by atoms with van der Waals surface area (Å²) in [4.78, 5) is 0. The Balaban J connectivity index is 1.77. The van der Waals surface area contributed by atoms with E-state index >= 15 is 0 Å². The van der Waals surface area contributed by atoms with Gasteiger partial charge in [-0.25, -0.2) is 0 Å². The van der Waals surface area contributed by atoms with Crippen LogP contribution in [0.2, 0.25) is 5.02 Å². The summed E-state index contributed by atoms with van der Waals surface area (Å²) >= 11 is 6.08. The highest BCUT2D eigenvalue weighted by atomic mass is 35.5. The molecule has 0 unspecified atom stereocenters. The lowest BCUT2D eigenvalue weighted by atomic mass is 9.92. The Labute approximate surface area is 163 Å². The van der Waals surface area contributed by atoms with Crippen LogP contribution in [0.4, 0.5) is 0 Å². The Hall–Kier alpha value is -3.09. The van der Waals surface area contributed by atoms with Crippen molar-refractivity contribution >= 4 is 33.1 Å². The van der Waals surface area contributed by atoms with Gasteiger partial charge in [-0.1, -0.05) is 84.4 Å². The van der Waals surface area contributed by atoms with E-state index in [0.29, 0.717) is 0 Å². The molecule has 0 amide bonds. The zero-order valence-corrected chi connectivity index (χ0v) is 15.4. The highest BCUT2D eigenvalue weighted by Gasteiger charge is 2.09. The van der Waals surface area contributed by atoms with Crippen molar-refractivity contribution in [2.75, 3.05) is 0 Å². The Morgan fingerprint density at radius 2 is 1.07 bits per heavy atom. The van der Waals surface area contributed by atoms with Crippen molar-refractivity contribution in [2.24, 2.45) is 0 Å². The zero-order chi connectivity index (χ0) is 18.2. The fraction of sp³-hybridized carbons (Fsp3) is 0. The Morgan fingerprint density at radius 3 is 1.89 bits per heavy atom. The summed E-state index contributed by atoms with van der Waals surface area (Å²) in [6.45, 7) is 0. The molecule has 5 rings (SSSR count). The quantitative estimate of drug-likeness (QED) is 0.298. The van der Waals surface area contributed by atoms with Crippen molar-refractivity contribution in [1.29, 1.82) is 0 Å². The Bertz CT molecular complexity index is 1270. The molecule has 0 aliphatic heterocycles. The molecular weight excluding hydrogens is 348 g/mol. The normalized spacial score (nSPS) is 11.1. The molecule has 5 aromatic rings. The first kappa shape index (κ1) is 16.1. The number of fused-ring (bicyclic) bond motifs is 2. The predicted molar refractivity (Wildman–Crippen MR) is 117 cm³/mol. The SMILES string of the molecule is Clc1ccc(-c2cc(-c3ccc4ccccc4c3)c3ccccc3c2)cc1. The van der Waals surface area contributed by atoms with Crippen LogP contribution in [-0.2, 0) is 0 Å². The molecule has 0 atom stereocenters. The molecule has 0 aliphatic rings. The highest BCUT2D eigenvalue weighted by Crippen LogP contribution is 2.35. The molecule has 0 aromatic heterocycles. The average molecular weight is 365 g/mol. The van der Waals surface area contributed by atoms with Crippen molar-refractivity contribution < 1.29 is 0 Å². The van der Waals surface area contributed by atoms with Gasteiger partial charge in [0.1, 0.15) is 0 Å². The molecule has 0 saturated carbocycles. The molecule has 0 aliphatic carbocycles. The predicted octanol–water partition coefficient (Wildman–Crippen LogP) is 7.98. The monoisotopic (exact) mass is 364 g/mol. The molecule has 1 heteroatoms. The number of hydrogen-bond donors (Lipinski definition) is 0. The van der Waals surface area contributed by atoms with Gasteiger partial charge in [0.05, 0.1) is 0 Å². The Kier molecular flexibility index (Phi) is 3.92. The van der Waals surface area contributed by atoms with Crippen LogP contribution in [-0.4, -0.2) is 0 Å². The molecule has 0 radical (unpaired) electrons. The summed E-state index contributed by atoms with van der Waals surface area (Å²) in [6.07, 6.45) is 0. The molecule has 0 N–H and O–H groups in total. The van der Waals surface area contributed by atoms with Crippen molar-refractivity contribution in [3.63, 3.8) is 0 Å². The smallest absolute Gasteiger partial charge is 0.0406 e. The third-order valence-electron chi connectivity index (χ3n) is 5.10. The fourth-order valence-corrected chi connectivity index (χ4v) is 3.84. The standard InChI is InChI=1S/C26H17Cl/c27-24-13-11-19(12-14-24)23-16-21-7-3-4-8-25(21)26(17-23)22-10-9-18-5-1-2-6-20(18)15-22/h1-17H. The third kappa shape index (κ3) is 2.99. The van der Waals surface area contributed by atoms with E-state index in [1.54, 1.807) is 0 Å². The molecule has 128 valence electrons. The van der Waals surface area contributed by atoms with Crippen LogP contribution in [0.5, 0.6) is 0 Å². The largest absolute Gasteiger partial charge is 0.0843 e. The van der Waals surface area contributed by atoms with E-state index in [-0.39, 0.29) is 0 Å². The molecule has 5 aromatic carbocycles. The summed E-state index contributed by atoms with van der Waals surface area (Å²) in [7, 11) is 0. The van der Waals surface area contributed by atoms with Gasteiger partial charge in [-0.15, -0.1) is 0 Å². The second-order valence-electron chi connectivity index (χ2n) is 6.81. The number of halogens is 1. The molecular formula is C26H17Cl. The van der Waals surface area contributed by atoms with Gasteiger partial charge in [0.15, 0.2) is 0 Å².